The molecule has 124 valence electrons. The predicted molar refractivity (Wildman–Crippen MR) is 91.9 cm³/mol. The van der Waals surface area contributed by atoms with Crippen molar-refractivity contribution in [3.8, 4) is 0 Å². The smallest absolute Gasteiger partial charge is 0.315 e. The minimum absolute atomic E-state index is 0.00623. The first-order chi connectivity index (χ1) is 9.39. The summed E-state index contributed by atoms with van der Waals surface area (Å²) in [6.45, 7) is 17.2. The van der Waals surface area contributed by atoms with Crippen LogP contribution in [0, 0.1) is 5.41 Å². The Morgan fingerprint density at radius 3 is 2.14 bits per heavy atom. The van der Waals surface area contributed by atoms with Gasteiger partial charge >= 0.3 is 5.97 Å². The van der Waals surface area contributed by atoms with E-state index in [-0.39, 0.29) is 17.1 Å². The van der Waals surface area contributed by atoms with E-state index in [2.05, 4.69) is 40.8 Å². The van der Waals surface area contributed by atoms with Gasteiger partial charge in [0.15, 0.2) is 8.32 Å². The number of hydrogen-bond acceptors (Lipinski definition) is 3. The first kappa shape index (κ1) is 20.4. The lowest BCUT2D eigenvalue weighted by Gasteiger charge is -2.38. The van der Waals surface area contributed by atoms with Crippen molar-refractivity contribution in [1.29, 1.82) is 0 Å². The molecule has 0 heterocycles. The fraction of sp³-hybridized carbons (Fsp3) is 0.824. The lowest BCUT2D eigenvalue weighted by molar-refractivity contribution is -0.149. The molecule has 0 fully saturated rings. The minimum Gasteiger partial charge on any atom is -0.468 e. The molecule has 0 aromatic rings. The molecular weight excluding hydrogens is 280 g/mol. The van der Waals surface area contributed by atoms with Crippen LogP contribution < -0.4 is 0 Å². The lowest BCUT2D eigenvalue weighted by atomic mass is 9.85. The van der Waals surface area contributed by atoms with Gasteiger partial charge in [-0.2, -0.15) is 0 Å². The second kappa shape index (κ2) is 7.59. The van der Waals surface area contributed by atoms with Crippen LogP contribution in [0.15, 0.2) is 12.2 Å². The molecule has 21 heavy (non-hydrogen) atoms. The summed E-state index contributed by atoms with van der Waals surface area (Å²) in [5.74, 6) is -0.180. The molecule has 2 unspecified atom stereocenters. The van der Waals surface area contributed by atoms with E-state index in [0.29, 0.717) is 0 Å². The normalized spacial score (nSPS) is 17.6. The van der Waals surface area contributed by atoms with E-state index in [0.717, 1.165) is 12.8 Å². The number of rotatable bonds is 7. The quantitative estimate of drug-likeness (QED) is 0.379. The Labute approximate surface area is 132 Å². The fourth-order valence-corrected chi connectivity index (χ4v) is 3.40. The third-order valence-corrected chi connectivity index (χ3v) is 9.02. The molecule has 0 aliphatic heterocycles. The highest BCUT2D eigenvalue weighted by Crippen LogP contribution is 2.37. The summed E-state index contributed by atoms with van der Waals surface area (Å²) < 4.78 is 11.2. The summed E-state index contributed by atoms with van der Waals surface area (Å²) in [7, 11) is -0.342. The summed E-state index contributed by atoms with van der Waals surface area (Å²) in [5, 5.41) is 0.185. The summed E-state index contributed by atoms with van der Waals surface area (Å²) >= 11 is 0. The number of esters is 1. The number of methoxy groups -OCH3 is 1. The first-order valence-corrected chi connectivity index (χ1v) is 10.8. The van der Waals surface area contributed by atoms with Gasteiger partial charge in [-0.1, -0.05) is 46.3 Å². The predicted octanol–water partition coefficient (Wildman–Crippen LogP) is 4.93. The number of ether oxygens (including phenoxy) is 1. The molecule has 3 nitrogen and oxygen atoms in total. The van der Waals surface area contributed by atoms with Crippen LogP contribution in [0.1, 0.15) is 54.4 Å². The Morgan fingerprint density at radius 2 is 1.76 bits per heavy atom. The van der Waals surface area contributed by atoms with Crippen molar-refractivity contribution >= 4 is 14.3 Å². The Balaban J connectivity index is 4.96. The van der Waals surface area contributed by atoms with Gasteiger partial charge in [0, 0.05) is 0 Å². The zero-order valence-corrected chi connectivity index (χ0v) is 16.4. The largest absolute Gasteiger partial charge is 0.468 e. The van der Waals surface area contributed by atoms with E-state index < -0.39 is 13.7 Å². The average Bonchev–Trinajstić information content (AvgIpc) is 2.34. The second-order valence-corrected chi connectivity index (χ2v) is 12.4. The van der Waals surface area contributed by atoms with Crippen LogP contribution in [0.25, 0.3) is 0 Å². The van der Waals surface area contributed by atoms with Gasteiger partial charge in [0.2, 0.25) is 0 Å². The van der Waals surface area contributed by atoms with E-state index in [9.17, 15) is 4.79 Å². The highest BCUT2D eigenvalue weighted by Gasteiger charge is 2.38. The molecule has 0 aromatic heterocycles. The van der Waals surface area contributed by atoms with E-state index in [1.54, 1.807) is 0 Å². The summed E-state index contributed by atoms with van der Waals surface area (Å²) in [4.78, 5) is 12.0. The monoisotopic (exact) mass is 314 g/mol. The Hall–Kier alpha value is -0.613. The molecule has 0 spiro atoms. The van der Waals surface area contributed by atoms with Crippen molar-refractivity contribution in [2.24, 2.45) is 5.41 Å². The van der Waals surface area contributed by atoms with Crippen molar-refractivity contribution < 1.29 is 14.0 Å². The highest BCUT2D eigenvalue weighted by atomic mass is 28.4. The molecule has 0 saturated carbocycles. The number of hydrogen-bond donors (Lipinski definition) is 0. The Morgan fingerprint density at radius 1 is 1.24 bits per heavy atom. The maximum atomic E-state index is 12.0. The minimum atomic E-state index is -1.79. The molecule has 0 aliphatic carbocycles. The Bertz CT molecular complexity index is 369. The lowest BCUT2D eigenvalue weighted by Crippen LogP contribution is -2.43. The topological polar surface area (TPSA) is 35.5 Å². The van der Waals surface area contributed by atoms with Crippen LogP contribution in [0.3, 0.4) is 0 Å². The zero-order valence-electron chi connectivity index (χ0n) is 15.4. The van der Waals surface area contributed by atoms with Gasteiger partial charge in [-0.3, -0.25) is 4.79 Å². The van der Waals surface area contributed by atoms with E-state index in [1.807, 2.05) is 26.0 Å². The van der Waals surface area contributed by atoms with Gasteiger partial charge in [0.25, 0.3) is 0 Å². The van der Waals surface area contributed by atoms with Gasteiger partial charge in [0.1, 0.15) is 0 Å². The van der Waals surface area contributed by atoms with Crippen LogP contribution in [0.5, 0.6) is 0 Å². The van der Waals surface area contributed by atoms with Gasteiger partial charge < -0.3 is 9.16 Å². The van der Waals surface area contributed by atoms with Crippen LogP contribution >= 0.6 is 0 Å². The van der Waals surface area contributed by atoms with Gasteiger partial charge in [-0.25, -0.2) is 0 Å². The van der Waals surface area contributed by atoms with E-state index >= 15 is 0 Å². The molecule has 0 saturated heterocycles. The molecule has 0 amide bonds. The van der Waals surface area contributed by atoms with E-state index in [4.69, 9.17) is 9.16 Å². The van der Waals surface area contributed by atoms with Crippen molar-refractivity contribution in [1.82, 2.24) is 0 Å². The highest BCUT2D eigenvalue weighted by molar-refractivity contribution is 6.74. The van der Waals surface area contributed by atoms with Crippen LogP contribution in [0.4, 0.5) is 0 Å². The van der Waals surface area contributed by atoms with Crippen LogP contribution in [-0.4, -0.2) is 27.5 Å². The maximum absolute atomic E-state index is 12.0. The fourth-order valence-electron chi connectivity index (χ4n) is 2.03. The third kappa shape index (κ3) is 5.95. The zero-order chi connectivity index (χ0) is 16.9. The molecule has 2 atom stereocenters. The van der Waals surface area contributed by atoms with Gasteiger partial charge in [-0.15, -0.1) is 0 Å². The van der Waals surface area contributed by atoms with Gasteiger partial charge in [0.05, 0.1) is 18.6 Å². The summed E-state index contributed by atoms with van der Waals surface area (Å²) in [6, 6.07) is 0. The summed E-state index contributed by atoms with van der Waals surface area (Å²) in [6.07, 6.45) is 5.69. The molecule has 0 bridgehead atoms. The van der Waals surface area contributed by atoms with Crippen LogP contribution in [-0.2, 0) is 14.0 Å². The maximum Gasteiger partial charge on any atom is 0.315 e. The summed E-state index contributed by atoms with van der Waals surface area (Å²) in [5.41, 5.74) is -0.561. The average molecular weight is 315 g/mol. The van der Waals surface area contributed by atoms with Crippen molar-refractivity contribution in [2.45, 2.75) is 78.6 Å². The molecule has 0 radical (unpaired) electrons. The first-order valence-electron chi connectivity index (χ1n) is 7.85. The molecule has 4 heteroatoms. The van der Waals surface area contributed by atoms with Crippen molar-refractivity contribution in [2.75, 3.05) is 7.11 Å². The van der Waals surface area contributed by atoms with Crippen molar-refractivity contribution in [3.63, 3.8) is 0 Å². The molecule has 0 aromatic carbocycles. The third-order valence-electron chi connectivity index (χ3n) is 4.44. The van der Waals surface area contributed by atoms with Crippen LogP contribution in [0.2, 0.25) is 18.1 Å². The Kier molecular flexibility index (Phi) is 7.37. The number of carbonyl (C=O) groups is 1. The standard InChI is InChI=1S/C17H34O3Si/c1-10-12-17(6,15(18)19-7)13-11-14(2)20-21(8,9)16(3,4)5/h11,13-14H,10,12H2,1-9H3/b13-11+. The SMILES string of the molecule is CCCC(C)(/C=C/C(C)O[Si](C)(C)C(C)(C)C)C(=O)OC. The molecule has 0 N–H and O–H groups in total. The van der Waals surface area contributed by atoms with Crippen molar-refractivity contribution in [3.05, 3.63) is 12.2 Å². The second-order valence-electron chi connectivity index (χ2n) is 7.60. The van der Waals surface area contributed by atoms with Gasteiger partial charge in [-0.05, 0) is 38.4 Å². The molecule has 0 aliphatic rings. The molecule has 0 rings (SSSR count). The number of carbonyl (C=O) groups excluding carboxylic acids is 1. The van der Waals surface area contributed by atoms with E-state index in [1.165, 1.54) is 7.11 Å². The molecular formula is C17H34O3Si.